The topological polar surface area (TPSA) is 105 Å². The highest BCUT2D eigenvalue weighted by atomic mass is 16.1. The quantitative estimate of drug-likeness (QED) is 0.701. The summed E-state index contributed by atoms with van der Waals surface area (Å²) in [4.78, 5) is 14.7. The SMILES string of the molecule is O=C(NCc1nn[nH]n1)c1cc2n(n1)CCCN(Cc1ccccc1)C2. The van der Waals surface area contributed by atoms with E-state index in [4.69, 9.17) is 0 Å². The molecule has 0 aliphatic carbocycles. The number of benzene rings is 1. The number of aromatic nitrogens is 6. The molecule has 0 fully saturated rings. The maximum atomic E-state index is 12.3. The van der Waals surface area contributed by atoms with Gasteiger partial charge in [0.1, 0.15) is 0 Å². The van der Waals surface area contributed by atoms with E-state index < -0.39 is 0 Å². The highest BCUT2D eigenvalue weighted by molar-refractivity contribution is 5.92. The molecule has 3 aromatic rings. The molecular formula is C17H20N8O. The van der Waals surface area contributed by atoms with E-state index in [0.29, 0.717) is 11.5 Å². The van der Waals surface area contributed by atoms with Crippen molar-refractivity contribution >= 4 is 5.91 Å². The number of tetrazole rings is 1. The molecule has 0 bridgehead atoms. The Kier molecular flexibility index (Phi) is 4.69. The van der Waals surface area contributed by atoms with Crippen molar-refractivity contribution in [1.82, 2.24) is 40.6 Å². The van der Waals surface area contributed by atoms with Crippen molar-refractivity contribution in [1.29, 1.82) is 0 Å². The van der Waals surface area contributed by atoms with E-state index in [0.717, 1.165) is 38.3 Å². The highest BCUT2D eigenvalue weighted by Crippen LogP contribution is 2.16. The third kappa shape index (κ3) is 3.77. The van der Waals surface area contributed by atoms with Crippen molar-refractivity contribution in [2.45, 2.75) is 32.6 Å². The lowest BCUT2D eigenvalue weighted by Gasteiger charge is -2.19. The molecule has 3 heterocycles. The van der Waals surface area contributed by atoms with E-state index >= 15 is 0 Å². The average Bonchev–Trinajstić information content (AvgIpc) is 3.27. The Morgan fingerprint density at radius 1 is 1.23 bits per heavy atom. The van der Waals surface area contributed by atoms with Gasteiger partial charge in [-0.15, -0.1) is 10.2 Å². The van der Waals surface area contributed by atoms with Gasteiger partial charge in [-0.3, -0.25) is 14.4 Å². The molecule has 0 saturated carbocycles. The van der Waals surface area contributed by atoms with E-state index in [-0.39, 0.29) is 12.5 Å². The molecular weight excluding hydrogens is 332 g/mol. The normalized spacial score (nSPS) is 14.6. The minimum absolute atomic E-state index is 0.220. The number of carbonyl (C=O) groups excluding carboxylic acids is 1. The Morgan fingerprint density at radius 3 is 2.92 bits per heavy atom. The van der Waals surface area contributed by atoms with Crippen molar-refractivity contribution < 1.29 is 4.79 Å². The summed E-state index contributed by atoms with van der Waals surface area (Å²) in [6.45, 7) is 3.72. The average molecular weight is 352 g/mol. The lowest BCUT2D eigenvalue weighted by molar-refractivity contribution is 0.0944. The molecule has 2 N–H and O–H groups in total. The number of carbonyl (C=O) groups is 1. The molecule has 0 radical (unpaired) electrons. The standard InChI is InChI=1S/C17H20N8O/c26-17(18-10-16-19-22-23-20-16)15-9-14-12-24(7-4-8-25(14)21-15)11-13-5-2-1-3-6-13/h1-3,5-6,9H,4,7-8,10-12H2,(H,18,26)(H,19,20,22,23). The van der Waals surface area contributed by atoms with E-state index in [2.05, 4.69) is 60.2 Å². The molecule has 0 atom stereocenters. The summed E-state index contributed by atoms with van der Waals surface area (Å²) in [7, 11) is 0. The minimum atomic E-state index is -0.231. The predicted octanol–water partition coefficient (Wildman–Crippen LogP) is 0.732. The Bertz CT molecular complexity index is 858. The smallest absolute Gasteiger partial charge is 0.272 e. The van der Waals surface area contributed by atoms with Crippen molar-refractivity contribution in [2.75, 3.05) is 6.54 Å². The number of rotatable bonds is 5. The van der Waals surface area contributed by atoms with Crippen LogP contribution in [0.5, 0.6) is 0 Å². The second-order valence-electron chi connectivity index (χ2n) is 6.30. The third-order valence-corrected chi connectivity index (χ3v) is 4.37. The largest absolute Gasteiger partial charge is 0.343 e. The molecule has 1 aliphatic heterocycles. The van der Waals surface area contributed by atoms with Gasteiger partial charge in [0.2, 0.25) is 0 Å². The van der Waals surface area contributed by atoms with Gasteiger partial charge in [-0.2, -0.15) is 10.3 Å². The van der Waals surface area contributed by atoms with Crippen LogP contribution in [-0.2, 0) is 26.2 Å². The first-order chi connectivity index (χ1) is 12.8. The second kappa shape index (κ2) is 7.44. The fourth-order valence-electron chi connectivity index (χ4n) is 3.12. The summed E-state index contributed by atoms with van der Waals surface area (Å²) < 4.78 is 1.94. The van der Waals surface area contributed by atoms with Crippen LogP contribution in [-0.4, -0.2) is 47.8 Å². The van der Waals surface area contributed by atoms with Crippen LogP contribution in [0.4, 0.5) is 0 Å². The fraction of sp³-hybridized carbons (Fsp3) is 0.353. The molecule has 0 saturated heterocycles. The van der Waals surface area contributed by atoms with Gasteiger partial charge in [0.15, 0.2) is 11.5 Å². The summed E-state index contributed by atoms with van der Waals surface area (Å²) in [5, 5.41) is 20.7. The van der Waals surface area contributed by atoms with Crippen molar-refractivity contribution in [3.05, 3.63) is 59.2 Å². The van der Waals surface area contributed by atoms with Crippen LogP contribution < -0.4 is 5.32 Å². The molecule has 4 rings (SSSR count). The number of nitrogens with zero attached hydrogens (tertiary/aromatic N) is 6. The van der Waals surface area contributed by atoms with E-state index in [1.807, 2.05) is 16.8 Å². The predicted molar refractivity (Wildman–Crippen MR) is 92.7 cm³/mol. The second-order valence-corrected chi connectivity index (χ2v) is 6.30. The Balaban J connectivity index is 1.42. The Morgan fingerprint density at radius 2 is 2.12 bits per heavy atom. The van der Waals surface area contributed by atoms with Crippen molar-refractivity contribution in [3.63, 3.8) is 0 Å². The van der Waals surface area contributed by atoms with E-state index in [9.17, 15) is 4.79 Å². The van der Waals surface area contributed by atoms with Crippen LogP contribution >= 0.6 is 0 Å². The summed E-state index contributed by atoms with van der Waals surface area (Å²) in [5.74, 6) is 0.207. The van der Waals surface area contributed by atoms with Gasteiger partial charge in [0.05, 0.1) is 12.2 Å². The summed E-state index contributed by atoms with van der Waals surface area (Å²) >= 11 is 0. The van der Waals surface area contributed by atoms with Crippen LogP contribution in [0.3, 0.4) is 0 Å². The first-order valence-corrected chi connectivity index (χ1v) is 8.61. The van der Waals surface area contributed by atoms with E-state index in [1.54, 1.807) is 0 Å². The summed E-state index contributed by atoms with van der Waals surface area (Å²) in [6.07, 6.45) is 1.01. The lowest BCUT2D eigenvalue weighted by atomic mass is 10.2. The zero-order valence-electron chi connectivity index (χ0n) is 14.3. The van der Waals surface area contributed by atoms with Crippen molar-refractivity contribution in [3.8, 4) is 0 Å². The van der Waals surface area contributed by atoms with Crippen LogP contribution in [0.15, 0.2) is 36.4 Å². The third-order valence-electron chi connectivity index (χ3n) is 4.37. The van der Waals surface area contributed by atoms with Gasteiger partial charge in [-0.05, 0) is 18.1 Å². The summed E-state index contributed by atoms with van der Waals surface area (Å²) in [6, 6.07) is 12.3. The van der Waals surface area contributed by atoms with Gasteiger partial charge in [0.25, 0.3) is 5.91 Å². The van der Waals surface area contributed by atoms with Gasteiger partial charge in [-0.1, -0.05) is 35.5 Å². The van der Waals surface area contributed by atoms with Gasteiger partial charge in [-0.25, -0.2) is 0 Å². The van der Waals surface area contributed by atoms with Crippen LogP contribution in [0.1, 0.15) is 34.0 Å². The zero-order chi connectivity index (χ0) is 17.8. The first-order valence-electron chi connectivity index (χ1n) is 8.61. The fourth-order valence-corrected chi connectivity index (χ4v) is 3.12. The van der Waals surface area contributed by atoms with Crippen molar-refractivity contribution in [2.24, 2.45) is 0 Å². The number of nitrogens with one attached hydrogen (secondary N) is 2. The molecule has 0 spiro atoms. The van der Waals surface area contributed by atoms with Gasteiger partial charge < -0.3 is 5.32 Å². The Hall–Kier alpha value is -3.07. The summed E-state index contributed by atoms with van der Waals surface area (Å²) in [5.41, 5.74) is 2.77. The monoisotopic (exact) mass is 352 g/mol. The van der Waals surface area contributed by atoms with E-state index in [1.165, 1.54) is 5.56 Å². The lowest BCUT2D eigenvalue weighted by Crippen LogP contribution is -2.24. The molecule has 9 nitrogen and oxygen atoms in total. The molecule has 1 amide bonds. The number of fused-ring (bicyclic) bond motifs is 1. The molecule has 1 aliphatic rings. The van der Waals surface area contributed by atoms with Crippen LogP contribution in [0.25, 0.3) is 0 Å². The van der Waals surface area contributed by atoms with Gasteiger partial charge >= 0.3 is 0 Å². The minimum Gasteiger partial charge on any atom is -0.343 e. The number of hydrogen-bond donors (Lipinski definition) is 2. The maximum Gasteiger partial charge on any atom is 0.272 e. The molecule has 0 unspecified atom stereocenters. The van der Waals surface area contributed by atoms with Crippen LogP contribution in [0.2, 0.25) is 0 Å². The zero-order valence-corrected chi connectivity index (χ0v) is 14.3. The maximum absolute atomic E-state index is 12.3. The number of hydrogen-bond acceptors (Lipinski definition) is 6. The highest BCUT2D eigenvalue weighted by Gasteiger charge is 2.19. The van der Waals surface area contributed by atoms with Crippen LogP contribution in [0, 0.1) is 0 Å². The molecule has 2 aromatic heterocycles. The first kappa shape index (κ1) is 16.4. The number of H-pyrrole nitrogens is 1. The molecule has 26 heavy (non-hydrogen) atoms. The number of amides is 1. The molecule has 1 aromatic carbocycles. The number of aromatic amines is 1. The molecule has 9 heteroatoms. The Labute approximate surface area is 150 Å². The number of aryl methyl sites for hydroxylation is 1. The van der Waals surface area contributed by atoms with Gasteiger partial charge in [0, 0.05) is 26.2 Å². The molecule has 134 valence electrons.